The second-order valence-electron chi connectivity index (χ2n) is 4.61. The van der Waals surface area contributed by atoms with Crippen molar-refractivity contribution in [2.75, 3.05) is 0 Å². The summed E-state index contributed by atoms with van der Waals surface area (Å²) in [7, 11) is 0. The number of rotatable bonds is 5. The van der Waals surface area contributed by atoms with Crippen LogP contribution in [0.15, 0.2) is 23.3 Å². The molecule has 1 aromatic carbocycles. The van der Waals surface area contributed by atoms with Crippen LogP contribution >= 0.6 is 0 Å². The lowest BCUT2D eigenvalue weighted by molar-refractivity contribution is 0.0954. The molecule has 0 saturated carbocycles. The Morgan fingerprint density at radius 3 is 2.56 bits per heavy atom. The second-order valence-corrected chi connectivity index (χ2v) is 4.61. The number of hydrogen-bond donors (Lipinski definition) is 1. The number of benzene rings is 1. The highest BCUT2D eigenvalue weighted by atomic mass is 16.2. The van der Waals surface area contributed by atoms with Gasteiger partial charge >= 0.3 is 0 Å². The van der Waals surface area contributed by atoms with Crippen molar-refractivity contribution in [2.24, 2.45) is 11.0 Å². The predicted molar refractivity (Wildman–Crippen MR) is 75.9 cm³/mol. The van der Waals surface area contributed by atoms with Gasteiger partial charge in [-0.25, -0.2) is 5.43 Å². The van der Waals surface area contributed by atoms with Gasteiger partial charge in [0.25, 0.3) is 5.91 Å². The van der Waals surface area contributed by atoms with Gasteiger partial charge < -0.3 is 0 Å². The van der Waals surface area contributed by atoms with Crippen LogP contribution in [0.3, 0.4) is 0 Å². The third kappa shape index (κ3) is 3.99. The molecule has 1 amide bonds. The first kappa shape index (κ1) is 14.4. The van der Waals surface area contributed by atoms with Gasteiger partial charge in [0, 0.05) is 11.8 Å². The standard InChI is InChI=1S/C15H22N2O/c1-5-13(6-2)10-16-17-15(18)14-8-7-11(3)9-12(14)4/h7-10,13H,5-6H2,1-4H3,(H,17,18)/b16-10+. The predicted octanol–water partition coefficient (Wildman–Crippen LogP) is 3.46. The van der Waals surface area contributed by atoms with Crippen LogP contribution in [-0.4, -0.2) is 12.1 Å². The van der Waals surface area contributed by atoms with Gasteiger partial charge in [0.05, 0.1) is 0 Å². The zero-order chi connectivity index (χ0) is 13.5. The molecule has 3 heteroatoms. The van der Waals surface area contributed by atoms with Gasteiger partial charge in [-0.15, -0.1) is 0 Å². The molecular formula is C15H22N2O. The molecule has 0 radical (unpaired) electrons. The van der Waals surface area contributed by atoms with Gasteiger partial charge in [-0.2, -0.15) is 5.10 Å². The molecular weight excluding hydrogens is 224 g/mol. The summed E-state index contributed by atoms with van der Waals surface area (Å²) in [4.78, 5) is 11.9. The van der Waals surface area contributed by atoms with Crippen LogP contribution in [-0.2, 0) is 0 Å². The highest BCUT2D eigenvalue weighted by Crippen LogP contribution is 2.10. The van der Waals surface area contributed by atoms with E-state index in [1.165, 1.54) is 0 Å². The van der Waals surface area contributed by atoms with Crippen molar-refractivity contribution in [2.45, 2.75) is 40.5 Å². The molecule has 0 aliphatic heterocycles. The largest absolute Gasteiger partial charge is 0.271 e. The van der Waals surface area contributed by atoms with E-state index in [-0.39, 0.29) is 5.91 Å². The summed E-state index contributed by atoms with van der Waals surface area (Å²) in [6.07, 6.45) is 3.90. The Bertz CT molecular complexity index is 434. The fraction of sp³-hybridized carbons (Fsp3) is 0.467. The quantitative estimate of drug-likeness (QED) is 0.627. The fourth-order valence-corrected chi connectivity index (χ4v) is 1.83. The molecule has 0 aromatic heterocycles. The normalized spacial score (nSPS) is 11.2. The molecule has 98 valence electrons. The van der Waals surface area contributed by atoms with E-state index in [0.29, 0.717) is 11.5 Å². The summed E-state index contributed by atoms with van der Waals surface area (Å²) >= 11 is 0. The third-order valence-electron chi connectivity index (χ3n) is 3.13. The van der Waals surface area contributed by atoms with Gasteiger partial charge in [0.15, 0.2) is 0 Å². The Morgan fingerprint density at radius 2 is 2.00 bits per heavy atom. The molecule has 1 N–H and O–H groups in total. The van der Waals surface area contributed by atoms with Crippen molar-refractivity contribution in [3.8, 4) is 0 Å². The number of nitrogens with zero attached hydrogens (tertiary/aromatic N) is 1. The monoisotopic (exact) mass is 246 g/mol. The van der Waals surface area contributed by atoms with E-state index in [1.807, 2.05) is 38.3 Å². The maximum atomic E-state index is 11.9. The van der Waals surface area contributed by atoms with Crippen LogP contribution < -0.4 is 5.43 Å². The number of hydrazone groups is 1. The van der Waals surface area contributed by atoms with Crippen molar-refractivity contribution >= 4 is 12.1 Å². The average molecular weight is 246 g/mol. The molecule has 0 spiro atoms. The first-order valence-corrected chi connectivity index (χ1v) is 6.49. The van der Waals surface area contributed by atoms with E-state index < -0.39 is 0 Å². The first-order valence-electron chi connectivity index (χ1n) is 6.49. The third-order valence-corrected chi connectivity index (χ3v) is 3.13. The Kier molecular flexibility index (Phi) is 5.56. The zero-order valence-corrected chi connectivity index (χ0v) is 11.7. The zero-order valence-electron chi connectivity index (χ0n) is 11.7. The molecule has 18 heavy (non-hydrogen) atoms. The highest BCUT2D eigenvalue weighted by Gasteiger charge is 2.07. The Balaban J connectivity index is 2.66. The first-order chi connectivity index (χ1) is 8.58. The molecule has 3 nitrogen and oxygen atoms in total. The van der Waals surface area contributed by atoms with Crippen molar-refractivity contribution in [3.63, 3.8) is 0 Å². The van der Waals surface area contributed by atoms with E-state index in [0.717, 1.165) is 24.0 Å². The van der Waals surface area contributed by atoms with Crippen LogP contribution in [0.4, 0.5) is 0 Å². The SMILES string of the molecule is CCC(/C=N/NC(=O)c1ccc(C)cc1C)CC. The minimum Gasteiger partial charge on any atom is -0.267 e. The van der Waals surface area contributed by atoms with Gasteiger partial charge in [-0.1, -0.05) is 31.5 Å². The summed E-state index contributed by atoms with van der Waals surface area (Å²) in [5, 5.41) is 4.03. The van der Waals surface area contributed by atoms with Gasteiger partial charge in [0.1, 0.15) is 0 Å². The van der Waals surface area contributed by atoms with Crippen LogP contribution in [0.2, 0.25) is 0 Å². The summed E-state index contributed by atoms with van der Waals surface area (Å²) < 4.78 is 0. The lowest BCUT2D eigenvalue weighted by Gasteiger charge is -2.06. The van der Waals surface area contributed by atoms with E-state index >= 15 is 0 Å². The number of nitrogens with one attached hydrogen (secondary N) is 1. The smallest absolute Gasteiger partial charge is 0.267 e. The van der Waals surface area contributed by atoms with Gasteiger partial charge in [-0.05, 0) is 44.2 Å². The molecule has 0 atom stereocenters. The summed E-state index contributed by atoms with van der Waals surface area (Å²) in [5.74, 6) is 0.291. The van der Waals surface area contributed by atoms with Crippen LogP contribution in [0, 0.1) is 19.8 Å². The molecule has 0 saturated heterocycles. The highest BCUT2D eigenvalue weighted by molar-refractivity contribution is 5.95. The molecule has 0 aliphatic rings. The Morgan fingerprint density at radius 1 is 1.33 bits per heavy atom. The average Bonchev–Trinajstić information content (AvgIpc) is 2.34. The van der Waals surface area contributed by atoms with Crippen molar-refractivity contribution in [1.29, 1.82) is 0 Å². The van der Waals surface area contributed by atoms with Gasteiger partial charge in [0.2, 0.25) is 0 Å². The lowest BCUT2D eigenvalue weighted by atomic mass is 10.1. The summed E-state index contributed by atoms with van der Waals surface area (Å²) in [6, 6.07) is 5.78. The van der Waals surface area contributed by atoms with E-state index in [1.54, 1.807) is 0 Å². The fourth-order valence-electron chi connectivity index (χ4n) is 1.83. The topological polar surface area (TPSA) is 41.5 Å². The second kappa shape index (κ2) is 6.94. The molecule has 0 aliphatic carbocycles. The number of carbonyl (C=O) groups is 1. The van der Waals surface area contributed by atoms with Crippen LogP contribution in [0.5, 0.6) is 0 Å². The van der Waals surface area contributed by atoms with Gasteiger partial charge in [-0.3, -0.25) is 4.79 Å². The molecule has 0 heterocycles. The summed E-state index contributed by atoms with van der Waals surface area (Å²) in [5.41, 5.74) is 5.41. The maximum Gasteiger partial charge on any atom is 0.271 e. The van der Waals surface area contributed by atoms with E-state index in [4.69, 9.17) is 0 Å². The van der Waals surface area contributed by atoms with Crippen LogP contribution in [0.1, 0.15) is 48.2 Å². The number of hydrogen-bond acceptors (Lipinski definition) is 2. The maximum absolute atomic E-state index is 11.9. The van der Waals surface area contributed by atoms with Crippen LogP contribution in [0.25, 0.3) is 0 Å². The number of amides is 1. The molecule has 0 unspecified atom stereocenters. The number of carbonyl (C=O) groups excluding carboxylic acids is 1. The lowest BCUT2D eigenvalue weighted by Crippen LogP contribution is -2.19. The summed E-state index contributed by atoms with van der Waals surface area (Å²) in [6.45, 7) is 8.19. The Hall–Kier alpha value is -1.64. The Labute approximate surface area is 109 Å². The number of aryl methyl sites for hydroxylation is 2. The van der Waals surface area contributed by atoms with Crippen molar-refractivity contribution in [3.05, 3.63) is 34.9 Å². The van der Waals surface area contributed by atoms with Crippen molar-refractivity contribution < 1.29 is 4.79 Å². The van der Waals surface area contributed by atoms with E-state index in [9.17, 15) is 4.79 Å². The molecule has 1 aromatic rings. The molecule has 0 bridgehead atoms. The van der Waals surface area contributed by atoms with Crippen molar-refractivity contribution in [1.82, 2.24) is 5.43 Å². The minimum absolute atomic E-state index is 0.144. The molecule has 1 rings (SSSR count). The molecule has 0 fully saturated rings. The minimum atomic E-state index is -0.144. The van der Waals surface area contributed by atoms with E-state index in [2.05, 4.69) is 24.4 Å².